The van der Waals surface area contributed by atoms with Crippen molar-refractivity contribution >= 4 is 28.5 Å². The van der Waals surface area contributed by atoms with E-state index >= 15 is 0 Å². The van der Waals surface area contributed by atoms with E-state index in [1.165, 1.54) is 4.80 Å². The highest BCUT2D eigenvalue weighted by Gasteiger charge is 2.26. The predicted molar refractivity (Wildman–Crippen MR) is 122 cm³/mol. The van der Waals surface area contributed by atoms with Gasteiger partial charge in [0.25, 0.3) is 0 Å². The zero-order chi connectivity index (χ0) is 22.8. The summed E-state index contributed by atoms with van der Waals surface area (Å²) < 4.78 is 5.87. The van der Waals surface area contributed by atoms with Gasteiger partial charge >= 0.3 is 0 Å². The number of nitrogens with zero attached hydrogens (tertiary/aromatic N) is 4. The number of nitrogens with one attached hydrogen (secondary N) is 2. The molecule has 2 N–H and O–H groups in total. The largest absolute Gasteiger partial charge is 0.441 e. The zero-order valence-corrected chi connectivity index (χ0v) is 18.2. The Morgan fingerprint density at radius 2 is 1.76 bits per heavy atom. The van der Waals surface area contributed by atoms with E-state index in [0.717, 1.165) is 30.3 Å². The van der Waals surface area contributed by atoms with Crippen molar-refractivity contribution in [3.8, 4) is 11.5 Å². The molecule has 2 aromatic heterocycles. The Labute approximate surface area is 190 Å². The fraction of sp³-hybridized carbons (Fsp3) is 0.292. The third-order valence-corrected chi connectivity index (χ3v) is 5.85. The molecule has 33 heavy (non-hydrogen) atoms. The number of oxazole rings is 1. The van der Waals surface area contributed by atoms with Crippen LogP contribution in [0.5, 0.6) is 0 Å². The first-order valence-electron chi connectivity index (χ1n) is 11.0. The summed E-state index contributed by atoms with van der Waals surface area (Å²) in [6.07, 6.45) is 2.96. The minimum absolute atomic E-state index is 0.00840. The van der Waals surface area contributed by atoms with Crippen molar-refractivity contribution in [1.29, 1.82) is 0 Å². The van der Waals surface area contributed by atoms with Crippen LogP contribution in [0, 0.1) is 12.8 Å². The van der Waals surface area contributed by atoms with Gasteiger partial charge in [0.05, 0.1) is 17.8 Å². The number of benzene rings is 2. The fourth-order valence-electron chi connectivity index (χ4n) is 3.73. The summed E-state index contributed by atoms with van der Waals surface area (Å²) in [4.78, 5) is 30.8. The standard InChI is InChI=1S/C24H24N6O3/c1-15-21(13-25-22(31)14-30-28-19-11-4-5-12-20(19)29-30)27-24(33-15)17-9-2-3-10-18(17)26-23(32)16-7-6-8-16/h2-5,9-12,16H,6-8,13-14H2,1H3,(H,25,31)(H,26,32). The number of rotatable bonds is 7. The smallest absolute Gasteiger partial charge is 0.243 e. The molecule has 2 heterocycles. The molecule has 0 atom stereocenters. The summed E-state index contributed by atoms with van der Waals surface area (Å²) in [7, 11) is 0. The molecular weight excluding hydrogens is 420 g/mol. The minimum atomic E-state index is -0.229. The molecule has 5 rings (SSSR count). The lowest BCUT2D eigenvalue weighted by molar-refractivity contribution is -0.123. The molecule has 9 heteroatoms. The number of amides is 2. The average Bonchev–Trinajstić information content (AvgIpc) is 3.33. The van der Waals surface area contributed by atoms with E-state index in [4.69, 9.17) is 4.42 Å². The number of carbonyl (C=O) groups is 2. The SMILES string of the molecule is Cc1oc(-c2ccccc2NC(=O)C2CCC2)nc1CNC(=O)Cn1nc2ccccc2n1. The Balaban J connectivity index is 1.25. The van der Waals surface area contributed by atoms with Crippen molar-refractivity contribution in [3.63, 3.8) is 0 Å². The summed E-state index contributed by atoms with van der Waals surface area (Å²) in [5.41, 5.74) is 3.48. The molecule has 0 radical (unpaired) electrons. The van der Waals surface area contributed by atoms with Crippen molar-refractivity contribution in [1.82, 2.24) is 25.3 Å². The van der Waals surface area contributed by atoms with Crippen LogP contribution in [-0.2, 0) is 22.7 Å². The lowest BCUT2D eigenvalue weighted by atomic mass is 9.85. The molecule has 0 spiro atoms. The van der Waals surface area contributed by atoms with Gasteiger partial charge < -0.3 is 15.1 Å². The lowest BCUT2D eigenvalue weighted by Gasteiger charge is -2.24. The Hall–Kier alpha value is -4.01. The van der Waals surface area contributed by atoms with Crippen molar-refractivity contribution in [2.24, 2.45) is 5.92 Å². The number of hydrogen-bond acceptors (Lipinski definition) is 6. The molecule has 4 aromatic rings. The van der Waals surface area contributed by atoms with E-state index in [0.29, 0.717) is 28.6 Å². The monoisotopic (exact) mass is 444 g/mol. The highest BCUT2D eigenvalue weighted by atomic mass is 16.4. The van der Waals surface area contributed by atoms with Gasteiger partial charge in [0, 0.05) is 5.92 Å². The summed E-state index contributed by atoms with van der Waals surface area (Å²) in [5.74, 6) is 0.892. The van der Waals surface area contributed by atoms with E-state index in [-0.39, 0.29) is 30.8 Å². The fourth-order valence-corrected chi connectivity index (χ4v) is 3.73. The van der Waals surface area contributed by atoms with Gasteiger partial charge in [0.15, 0.2) is 0 Å². The normalized spacial score (nSPS) is 13.6. The summed E-state index contributed by atoms with van der Waals surface area (Å²) in [5, 5.41) is 14.4. The molecule has 1 aliphatic rings. The number of hydrogen-bond donors (Lipinski definition) is 2. The highest BCUT2D eigenvalue weighted by Crippen LogP contribution is 2.32. The molecule has 9 nitrogen and oxygen atoms in total. The number of para-hydroxylation sites is 1. The van der Waals surface area contributed by atoms with Gasteiger partial charge in [0.2, 0.25) is 17.7 Å². The van der Waals surface area contributed by atoms with Crippen LogP contribution in [0.1, 0.15) is 30.7 Å². The van der Waals surface area contributed by atoms with Gasteiger partial charge in [-0.1, -0.05) is 30.7 Å². The molecule has 2 amide bonds. The molecule has 1 fully saturated rings. The second kappa shape index (κ2) is 8.85. The van der Waals surface area contributed by atoms with Gasteiger partial charge in [-0.25, -0.2) is 4.98 Å². The molecule has 0 saturated heterocycles. The van der Waals surface area contributed by atoms with Crippen molar-refractivity contribution < 1.29 is 14.0 Å². The van der Waals surface area contributed by atoms with Crippen molar-refractivity contribution in [2.75, 3.05) is 5.32 Å². The Bertz CT molecular complexity index is 1290. The lowest BCUT2D eigenvalue weighted by Crippen LogP contribution is -2.28. The summed E-state index contributed by atoms with van der Waals surface area (Å²) >= 11 is 0. The van der Waals surface area contributed by atoms with Crippen LogP contribution >= 0.6 is 0 Å². The Morgan fingerprint density at radius 1 is 1.06 bits per heavy atom. The third-order valence-electron chi connectivity index (χ3n) is 5.85. The number of aromatic nitrogens is 4. The molecule has 2 aromatic carbocycles. The molecular formula is C24H24N6O3. The molecule has 1 aliphatic carbocycles. The summed E-state index contributed by atoms with van der Waals surface area (Å²) in [6, 6.07) is 14.9. The van der Waals surface area contributed by atoms with Crippen LogP contribution in [-0.4, -0.2) is 31.8 Å². The molecule has 0 bridgehead atoms. The van der Waals surface area contributed by atoms with Crippen LogP contribution in [0.4, 0.5) is 5.69 Å². The van der Waals surface area contributed by atoms with Gasteiger partial charge in [-0.15, -0.1) is 0 Å². The van der Waals surface area contributed by atoms with Crippen LogP contribution < -0.4 is 10.6 Å². The average molecular weight is 444 g/mol. The quantitative estimate of drug-likeness (QED) is 0.451. The van der Waals surface area contributed by atoms with Gasteiger partial charge in [-0.05, 0) is 44.0 Å². The molecule has 168 valence electrons. The van der Waals surface area contributed by atoms with Crippen LogP contribution in [0.3, 0.4) is 0 Å². The summed E-state index contributed by atoms with van der Waals surface area (Å²) in [6.45, 7) is 2.02. The van der Waals surface area contributed by atoms with E-state index in [1.54, 1.807) is 6.92 Å². The Kier molecular flexibility index (Phi) is 5.60. The van der Waals surface area contributed by atoms with Crippen LogP contribution in [0.15, 0.2) is 52.9 Å². The second-order valence-electron chi connectivity index (χ2n) is 8.18. The van der Waals surface area contributed by atoms with Crippen LogP contribution in [0.25, 0.3) is 22.5 Å². The van der Waals surface area contributed by atoms with E-state index < -0.39 is 0 Å². The number of aryl methyl sites for hydroxylation is 1. The maximum absolute atomic E-state index is 12.4. The number of carbonyl (C=O) groups excluding carboxylic acids is 2. The topological polar surface area (TPSA) is 115 Å². The first-order chi connectivity index (χ1) is 16.1. The highest BCUT2D eigenvalue weighted by molar-refractivity contribution is 5.96. The Morgan fingerprint density at radius 3 is 2.45 bits per heavy atom. The predicted octanol–water partition coefficient (Wildman–Crippen LogP) is 3.45. The van der Waals surface area contributed by atoms with Crippen molar-refractivity contribution in [3.05, 3.63) is 60.0 Å². The molecule has 0 unspecified atom stereocenters. The third kappa shape index (κ3) is 4.48. The van der Waals surface area contributed by atoms with E-state index in [9.17, 15) is 9.59 Å². The zero-order valence-electron chi connectivity index (χ0n) is 18.2. The maximum atomic E-state index is 12.4. The van der Waals surface area contributed by atoms with E-state index in [2.05, 4.69) is 25.8 Å². The number of anilines is 1. The first kappa shape index (κ1) is 20.9. The van der Waals surface area contributed by atoms with Crippen LogP contribution in [0.2, 0.25) is 0 Å². The number of fused-ring (bicyclic) bond motifs is 1. The second-order valence-corrected chi connectivity index (χ2v) is 8.18. The minimum Gasteiger partial charge on any atom is -0.441 e. The maximum Gasteiger partial charge on any atom is 0.243 e. The molecule has 0 aliphatic heterocycles. The van der Waals surface area contributed by atoms with Gasteiger partial charge in [-0.2, -0.15) is 15.0 Å². The van der Waals surface area contributed by atoms with Gasteiger partial charge in [-0.3, -0.25) is 9.59 Å². The first-order valence-corrected chi connectivity index (χ1v) is 11.0. The van der Waals surface area contributed by atoms with Gasteiger partial charge in [0.1, 0.15) is 29.0 Å². The molecule has 1 saturated carbocycles. The van der Waals surface area contributed by atoms with E-state index in [1.807, 2.05) is 48.5 Å². The van der Waals surface area contributed by atoms with Crippen molar-refractivity contribution in [2.45, 2.75) is 39.3 Å².